The van der Waals surface area contributed by atoms with Crippen molar-refractivity contribution in [3.05, 3.63) is 81.7 Å². The van der Waals surface area contributed by atoms with Crippen molar-refractivity contribution in [3.8, 4) is 0 Å². The smallest absolute Gasteiger partial charge is 0.270 e. The van der Waals surface area contributed by atoms with E-state index in [9.17, 15) is 14.9 Å². The molecule has 1 aliphatic heterocycles. The summed E-state index contributed by atoms with van der Waals surface area (Å²) in [6.07, 6.45) is 1.50. The highest BCUT2D eigenvalue weighted by Gasteiger charge is 2.23. The van der Waals surface area contributed by atoms with Gasteiger partial charge in [0.15, 0.2) is 0 Å². The van der Waals surface area contributed by atoms with Gasteiger partial charge in [-0.15, -0.1) is 0 Å². The SMILES string of the molecule is O=C(c1cccc([N+](=O)[O-])c1)N1CCCN(c2nc(Cc3ccccc3)ns2)CC1. The van der Waals surface area contributed by atoms with E-state index < -0.39 is 4.92 Å². The predicted octanol–water partition coefficient (Wildman–Crippen LogP) is 3.39. The van der Waals surface area contributed by atoms with Gasteiger partial charge in [0.05, 0.1) is 4.92 Å². The molecule has 0 radical (unpaired) electrons. The van der Waals surface area contributed by atoms with Crippen LogP contribution in [-0.2, 0) is 6.42 Å². The molecule has 8 nitrogen and oxygen atoms in total. The lowest BCUT2D eigenvalue weighted by molar-refractivity contribution is -0.384. The Hall–Kier alpha value is -3.33. The summed E-state index contributed by atoms with van der Waals surface area (Å²) < 4.78 is 4.49. The molecular formula is C21H21N5O3S. The summed E-state index contributed by atoms with van der Waals surface area (Å²) in [7, 11) is 0. The van der Waals surface area contributed by atoms with Crippen LogP contribution in [0.2, 0.25) is 0 Å². The Morgan fingerprint density at radius 2 is 1.90 bits per heavy atom. The number of anilines is 1. The number of aromatic nitrogens is 2. The van der Waals surface area contributed by atoms with Crippen molar-refractivity contribution in [1.82, 2.24) is 14.3 Å². The quantitative estimate of drug-likeness (QED) is 0.461. The third kappa shape index (κ3) is 4.62. The van der Waals surface area contributed by atoms with Crippen LogP contribution < -0.4 is 4.90 Å². The second-order valence-electron chi connectivity index (χ2n) is 7.10. The zero-order valence-electron chi connectivity index (χ0n) is 16.3. The van der Waals surface area contributed by atoms with Gasteiger partial charge in [0.25, 0.3) is 11.6 Å². The van der Waals surface area contributed by atoms with Crippen molar-refractivity contribution in [2.24, 2.45) is 0 Å². The van der Waals surface area contributed by atoms with E-state index in [0.29, 0.717) is 31.6 Å². The number of nitro benzene ring substituents is 1. The Morgan fingerprint density at radius 3 is 2.70 bits per heavy atom. The van der Waals surface area contributed by atoms with E-state index >= 15 is 0 Å². The van der Waals surface area contributed by atoms with Gasteiger partial charge >= 0.3 is 0 Å². The van der Waals surface area contributed by atoms with Crippen molar-refractivity contribution in [2.45, 2.75) is 12.8 Å². The molecule has 3 aromatic rings. The number of hydrogen-bond donors (Lipinski definition) is 0. The minimum Gasteiger partial charge on any atom is -0.345 e. The third-order valence-electron chi connectivity index (χ3n) is 5.02. The van der Waals surface area contributed by atoms with Crippen LogP contribution in [0.4, 0.5) is 10.8 Å². The molecule has 0 spiro atoms. The number of amides is 1. The number of benzene rings is 2. The monoisotopic (exact) mass is 423 g/mol. The van der Waals surface area contributed by atoms with Crippen LogP contribution in [0.1, 0.15) is 28.2 Å². The largest absolute Gasteiger partial charge is 0.345 e. The first-order chi connectivity index (χ1) is 14.6. The van der Waals surface area contributed by atoms with Crippen LogP contribution >= 0.6 is 11.5 Å². The number of rotatable bonds is 5. The Morgan fingerprint density at radius 1 is 1.07 bits per heavy atom. The van der Waals surface area contributed by atoms with Crippen LogP contribution in [0.25, 0.3) is 0 Å². The second kappa shape index (κ2) is 9.00. The first-order valence-electron chi connectivity index (χ1n) is 9.75. The van der Waals surface area contributed by atoms with Gasteiger partial charge in [-0.1, -0.05) is 36.4 Å². The third-order valence-corrected chi connectivity index (χ3v) is 5.83. The first-order valence-corrected chi connectivity index (χ1v) is 10.5. The lowest BCUT2D eigenvalue weighted by Crippen LogP contribution is -2.35. The zero-order valence-corrected chi connectivity index (χ0v) is 17.1. The fourth-order valence-electron chi connectivity index (χ4n) is 3.47. The van der Waals surface area contributed by atoms with E-state index in [4.69, 9.17) is 0 Å². The molecule has 154 valence electrons. The standard InChI is InChI=1S/C21H21N5O3S/c27-20(17-8-4-9-18(15-17)26(28)29)24-10-5-11-25(13-12-24)21-22-19(23-30-21)14-16-6-2-1-3-7-16/h1-4,6-9,15H,5,10-14H2. The predicted molar refractivity (Wildman–Crippen MR) is 115 cm³/mol. The minimum absolute atomic E-state index is 0.0721. The molecule has 0 aliphatic carbocycles. The zero-order chi connectivity index (χ0) is 20.9. The van der Waals surface area contributed by atoms with E-state index in [2.05, 4.69) is 26.4 Å². The van der Waals surface area contributed by atoms with Gasteiger partial charge in [-0.3, -0.25) is 14.9 Å². The van der Waals surface area contributed by atoms with E-state index in [1.54, 1.807) is 17.0 Å². The Bertz CT molecular complexity index is 1040. The lowest BCUT2D eigenvalue weighted by Gasteiger charge is -2.21. The van der Waals surface area contributed by atoms with Gasteiger partial charge in [0, 0.05) is 61.8 Å². The molecule has 2 heterocycles. The van der Waals surface area contributed by atoms with E-state index in [1.165, 1.54) is 29.2 Å². The van der Waals surface area contributed by atoms with Crippen molar-refractivity contribution in [3.63, 3.8) is 0 Å². The average Bonchev–Trinajstić information content (AvgIpc) is 3.09. The van der Waals surface area contributed by atoms with Gasteiger partial charge in [0.2, 0.25) is 5.13 Å². The van der Waals surface area contributed by atoms with Gasteiger partial charge in [-0.05, 0) is 18.1 Å². The van der Waals surface area contributed by atoms with Gasteiger partial charge in [0.1, 0.15) is 5.82 Å². The van der Waals surface area contributed by atoms with Crippen molar-refractivity contribution in [2.75, 3.05) is 31.1 Å². The highest BCUT2D eigenvalue weighted by atomic mass is 32.1. The normalized spacial score (nSPS) is 14.4. The maximum Gasteiger partial charge on any atom is 0.270 e. The fourth-order valence-corrected chi connectivity index (χ4v) is 4.21. The van der Waals surface area contributed by atoms with Crippen LogP contribution in [0.3, 0.4) is 0 Å². The average molecular weight is 423 g/mol. The summed E-state index contributed by atoms with van der Waals surface area (Å²) in [5, 5.41) is 11.9. The van der Waals surface area contributed by atoms with Crippen molar-refractivity contribution >= 4 is 28.3 Å². The molecule has 1 fully saturated rings. The molecule has 1 amide bonds. The highest BCUT2D eigenvalue weighted by Crippen LogP contribution is 2.22. The molecule has 4 rings (SSSR count). The number of carbonyl (C=O) groups excluding carboxylic acids is 1. The number of non-ortho nitro benzene ring substituents is 1. The van der Waals surface area contributed by atoms with Crippen molar-refractivity contribution in [1.29, 1.82) is 0 Å². The molecule has 9 heteroatoms. The second-order valence-corrected chi connectivity index (χ2v) is 7.83. The maximum absolute atomic E-state index is 12.8. The molecule has 0 atom stereocenters. The van der Waals surface area contributed by atoms with Crippen LogP contribution in [0, 0.1) is 10.1 Å². The first kappa shape index (κ1) is 20.0. The Labute approximate surface area is 178 Å². The molecule has 1 saturated heterocycles. The van der Waals surface area contributed by atoms with Gasteiger partial charge in [-0.25, -0.2) is 4.98 Å². The molecule has 0 N–H and O–H groups in total. The summed E-state index contributed by atoms with van der Waals surface area (Å²) in [6.45, 7) is 2.59. The molecule has 30 heavy (non-hydrogen) atoms. The van der Waals surface area contributed by atoms with E-state index in [0.717, 1.165) is 23.9 Å². The summed E-state index contributed by atoms with van der Waals surface area (Å²) in [5.41, 5.74) is 1.45. The minimum atomic E-state index is -0.483. The summed E-state index contributed by atoms with van der Waals surface area (Å²) in [6, 6.07) is 16.0. The van der Waals surface area contributed by atoms with Crippen LogP contribution in [0.5, 0.6) is 0 Å². The molecule has 2 aromatic carbocycles. The maximum atomic E-state index is 12.8. The van der Waals surface area contributed by atoms with Crippen molar-refractivity contribution < 1.29 is 9.72 Å². The van der Waals surface area contributed by atoms with Gasteiger partial charge in [-0.2, -0.15) is 4.37 Å². The number of hydrogen-bond acceptors (Lipinski definition) is 7. The highest BCUT2D eigenvalue weighted by molar-refractivity contribution is 7.09. The summed E-state index contributed by atoms with van der Waals surface area (Å²) in [4.78, 5) is 31.9. The van der Waals surface area contributed by atoms with Gasteiger partial charge < -0.3 is 9.80 Å². The summed E-state index contributed by atoms with van der Waals surface area (Å²) in [5.74, 6) is 0.623. The number of nitro groups is 1. The molecule has 1 aromatic heterocycles. The van der Waals surface area contributed by atoms with Crippen LogP contribution in [0.15, 0.2) is 54.6 Å². The molecular weight excluding hydrogens is 402 g/mol. The molecule has 0 saturated carbocycles. The fraction of sp³-hybridized carbons (Fsp3) is 0.286. The topological polar surface area (TPSA) is 92.5 Å². The Balaban J connectivity index is 1.40. The summed E-state index contributed by atoms with van der Waals surface area (Å²) >= 11 is 1.38. The Kier molecular flexibility index (Phi) is 5.99. The molecule has 0 bridgehead atoms. The van der Waals surface area contributed by atoms with Crippen LogP contribution in [-0.4, -0.2) is 51.3 Å². The van der Waals surface area contributed by atoms with E-state index in [1.807, 2.05) is 18.2 Å². The lowest BCUT2D eigenvalue weighted by atomic mass is 10.1. The number of carbonyl (C=O) groups is 1. The molecule has 1 aliphatic rings. The van der Waals surface area contributed by atoms with E-state index in [-0.39, 0.29) is 11.6 Å². The molecule has 0 unspecified atom stereocenters. The number of nitrogens with zero attached hydrogens (tertiary/aromatic N) is 5.